The number of hydrogen-bond acceptors (Lipinski definition) is 7. The van der Waals surface area contributed by atoms with Crippen LogP contribution in [0.3, 0.4) is 0 Å². The van der Waals surface area contributed by atoms with Crippen molar-refractivity contribution in [2.45, 2.75) is 39.1 Å². The van der Waals surface area contributed by atoms with Crippen molar-refractivity contribution in [3.63, 3.8) is 0 Å². The zero-order valence-corrected chi connectivity index (χ0v) is 17.3. The van der Waals surface area contributed by atoms with E-state index in [0.717, 1.165) is 23.5 Å². The van der Waals surface area contributed by atoms with Gasteiger partial charge in [0, 0.05) is 30.9 Å². The maximum atomic E-state index is 12.1. The number of benzene rings is 1. The van der Waals surface area contributed by atoms with Crippen LogP contribution in [-0.4, -0.2) is 68.0 Å². The standard InChI is InChI=1S/C21H27N5O4/c1-15-10-16(2)26(22-15)14-19-13-24(8-9-29-19)11-18(27)12-25-20(23-30-21(25)28)17-6-4-3-5-7-17/h3-7,10,18-19,27H,8-9,11-14H2,1-2H3. The van der Waals surface area contributed by atoms with Crippen LogP contribution in [0.1, 0.15) is 11.4 Å². The normalized spacial score (nSPS) is 18.6. The number of β-amino-alcohol motifs (C(OH)–C–C–N with tert-alkyl or cyclic N) is 1. The molecule has 0 amide bonds. The van der Waals surface area contributed by atoms with Crippen LogP contribution < -0.4 is 5.76 Å². The fraction of sp³-hybridized carbons (Fsp3) is 0.476. The molecule has 2 unspecified atom stereocenters. The van der Waals surface area contributed by atoms with Crippen LogP contribution in [0.15, 0.2) is 45.7 Å². The Morgan fingerprint density at radius 1 is 1.23 bits per heavy atom. The molecule has 9 heteroatoms. The number of aliphatic hydroxyl groups excluding tert-OH is 1. The van der Waals surface area contributed by atoms with Gasteiger partial charge in [-0.05, 0) is 19.9 Å². The van der Waals surface area contributed by atoms with Gasteiger partial charge in [0.15, 0.2) is 5.82 Å². The van der Waals surface area contributed by atoms with Gasteiger partial charge in [0.2, 0.25) is 0 Å². The average Bonchev–Trinajstić information content (AvgIpc) is 3.24. The predicted molar refractivity (Wildman–Crippen MR) is 110 cm³/mol. The van der Waals surface area contributed by atoms with Crippen LogP contribution in [-0.2, 0) is 17.8 Å². The van der Waals surface area contributed by atoms with E-state index in [4.69, 9.17) is 9.26 Å². The first-order valence-electron chi connectivity index (χ1n) is 10.1. The smallest absolute Gasteiger partial charge is 0.390 e. The fourth-order valence-corrected chi connectivity index (χ4v) is 3.90. The maximum absolute atomic E-state index is 12.1. The summed E-state index contributed by atoms with van der Waals surface area (Å²) in [6.07, 6.45) is -0.737. The van der Waals surface area contributed by atoms with Gasteiger partial charge in [0.1, 0.15) is 0 Å². The van der Waals surface area contributed by atoms with Crippen LogP contribution >= 0.6 is 0 Å². The van der Waals surface area contributed by atoms with E-state index in [1.807, 2.05) is 54.9 Å². The molecule has 0 radical (unpaired) electrons. The summed E-state index contributed by atoms with van der Waals surface area (Å²) >= 11 is 0. The molecule has 0 saturated carbocycles. The molecule has 30 heavy (non-hydrogen) atoms. The van der Waals surface area contributed by atoms with Gasteiger partial charge in [-0.25, -0.2) is 4.79 Å². The third kappa shape index (κ3) is 4.69. The first-order valence-corrected chi connectivity index (χ1v) is 10.1. The lowest BCUT2D eigenvalue weighted by atomic mass is 10.2. The molecule has 1 saturated heterocycles. The Morgan fingerprint density at radius 2 is 2.03 bits per heavy atom. The van der Waals surface area contributed by atoms with Gasteiger partial charge in [-0.2, -0.15) is 5.10 Å². The van der Waals surface area contributed by atoms with E-state index < -0.39 is 11.9 Å². The topological polar surface area (TPSA) is 98.6 Å². The second-order valence-corrected chi connectivity index (χ2v) is 7.76. The van der Waals surface area contributed by atoms with Crippen LogP contribution in [0.2, 0.25) is 0 Å². The largest absolute Gasteiger partial charge is 0.441 e. The average molecular weight is 413 g/mol. The number of aromatic nitrogens is 4. The minimum atomic E-state index is -0.739. The number of nitrogens with zero attached hydrogens (tertiary/aromatic N) is 5. The Balaban J connectivity index is 1.37. The van der Waals surface area contributed by atoms with E-state index in [2.05, 4.69) is 15.2 Å². The van der Waals surface area contributed by atoms with Gasteiger partial charge in [0.05, 0.1) is 37.6 Å². The highest BCUT2D eigenvalue weighted by atomic mass is 16.5. The molecule has 2 atom stereocenters. The summed E-state index contributed by atoms with van der Waals surface area (Å²) in [5.74, 6) is -0.152. The van der Waals surface area contributed by atoms with Gasteiger partial charge < -0.3 is 9.84 Å². The van der Waals surface area contributed by atoms with Crippen molar-refractivity contribution in [3.8, 4) is 11.4 Å². The lowest BCUT2D eigenvalue weighted by molar-refractivity contribution is -0.0498. The SMILES string of the molecule is Cc1cc(C)n(CC2CN(CC(O)Cn3c(-c4ccccc4)noc3=O)CCO2)n1. The zero-order valence-electron chi connectivity index (χ0n) is 17.3. The van der Waals surface area contributed by atoms with E-state index in [0.29, 0.717) is 32.1 Å². The van der Waals surface area contributed by atoms with Crippen LogP contribution in [0, 0.1) is 13.8 Å². The highest BCUT2D eigenvalue weighted by Gasteiger charge is 2.24. The van der Waals surface area contributed by atoms with Crippen molar-refractivity contribution in [2.75, 3.05) is 26.2 Å². The van der Waals surface area contributed by atoms with Crippen molar-refractivity contribution in [2.24, 2.45) is 0 Å². The molecule has 1 N–H and O–H groups in total. The van der Waals surface area contributed by atoms with Crippen LogP contribution in [0.4, 0.5) is 0 Å². The molecule has 4 rings (SSSR count). The second-order valence-electron chi connectivity index (χ2n) is 7.76. The summed E-state index contributed by atoms with van der Waals surface area (Å²) in [5, 5.41) is 19.0. The summed E-state index contributed by atoms with van der Waals surface area (Å²) in [4.78, 5) is 14.3. The number of rotatable bonds is 7. The van der Waals surface area contributed by atoms with Crippen molar-refractivity contribution in [1.82, 2.24) is 24.4 Å². The van der Waals surface area contributed by atoms with Gasteiger partial charge in [-0.15, -0.1) is 0 Å². The lowest BCUT2D eigenvalue weighted by Gasteiger charge is -2.34. The van der Waals surface area contributed by atoms with Gasteiger partial charge in [-0.1, -0.05) is 35.5 Å². The molecular formula is C21H27N5O4. The van der Waals surface area contributed by atoms with Gasteiger partial charge in [-0.3, -0.25) is 18.7 Å². The molecule has 160 valence electrons. The summed E-state index contributed by atoms with van der Waals surface area (Å²) in [7, 11) is 0. The molecule has 1 aliphatic rings. The van der Waals surface area contributed by atoms with E-state index in [-0.39, 0.29) is 12.6 Å². The Labute approximate surface area is 174 Å². The van der Waals surface area contributed by atoms with E-state index >= 15 is 0 Å². The highest BCUT2D eigenvalue weighted by molar-refractivity contribution is 5.54. The fourth-order valence-electron chi connectivity index (χ4n) is 3.90. The summed E-state index contributed by atoms with van der Waals surface area (Å²) < 4.78 is 14.1. The molecule has 0 spiro atoms. The van der Waals surface area contributed by atoms with Crippen molar-refractivity contribution >= 4 is 0 Å². The van der Waals surface area contributed by atoms with Crippen LogP contribution in [0.25, 0.3) is 11.4 Å². The van der Waals surface area contributed by atoms with Gasteiger partial charge in [0.25, 0.3) is 0 Å². The Morgan fingerprint density at radius 3 is 2.77 bits per heavy atom. The quantitative estimate of drug-likeness (QED) is 0.619. The number of morpholine rings is 1. The zero-order chi connectivity index (χ0) is 21.1. The Kier molecular flexibility index (Phi) is 6.12. The molecule has 0 bridgehead atoms. The first-order chi connectivity index (χ1) is 14.5. The molecule has 9 nitrogen and oxygen atoms in total. The molecule has 1 aliphatic heterocycles. The van der Waals surface area contributed by atoms with E-state index in [1.54, 1.807) is 0 Å². The molecule has 2 aromatic heterocycles. The predicted octanol–water partition coefficient (Wildman–Crippen LogP) is 1.08. The number of hydrogen-bond donors (Lipinski definition) is 1. The Bertz CT molecular complexity index is 1030. The summed E-state index contributed by atoms with van der Waals surface area (Å²) in [6, 6.07) is 11.4. The number of aliphatic hydroxyl groups is 1. The van der Waals surface area contributed by atoms with Crippen molar-refractivity contribution in [1.29, 1.82) is 0 Å². The third-order valence-electron chi connectivity index (χ3n) is 5.28. The second kappa shape index (κ2) is 8.95. The first kappa shape index (κ1) is 20.5. The summed E-state index contributed by atoms with van der Waals surface area (Å²) in [6.45, 7) is 7.26. The summed E-state index contributed by atoms with van der Waals surface area (Å²) in [5.41, 5.74) is 2.87. The minimum absolute atomic E-state index is 0.00199. The van der Waals surface area contributed by atoms with Gasteiger partial charge >= 0.3 is 5.76 Å². The molecule has 1 aromatic carbocycles. The van der Waals surface area contributed by atoms with Crippen molar-refractivity contribution < 1.29 is 14.4 Å². The van der Waals surface area contributed by atoms with E-state index in [1.165, 1.54) is 4.57 Å². The van der Waals surface area contributed by atoms with E-state index in [9.17, 15) is 9.90 Å². The molecule has 1 fully saturated rings. The Hall–Kier alpha value is -2.75. The number of ether oxygens (including phenoxy) is 1. The third-order valence-corrected chi connectivity index (χ3v) is 5.28. The number of aryl methyl sites for hydroxylation is 2. The monoisotopic (exact) mass is 413 g/mol. The maximum Gasteiger partial charge on any atom is 0.441 e. The molecule has 3 heterocycles. The molecule has 0 aliphatic carbocycles. The molecular weight excluding hydrogens is 386 g/mol. The highest BCUT2D eigenvalue weighted by Crippen LogP contribution is 2.16. The minimum Gasteiger partial charge on any atom is -0.390 e. The lowest BCUT2D eigenvalue weighted by Crippen LogP contribution is -2.47. The molecule has 3 aromatic rings. The van der Waals surface area contributed by atoms with Crippen molar-refractivity contribution in [3.05, 3.63) is 58.3 Å². The van der Waals surface area contributed by atoms with Crippen LogP contribution in [0.5, 0.6) is 0 Å².